The molecule has 3 heteroatoms. The molecule has 2 N–H and O–H groups in total. The number of nitrogens with zero attached hydrogens (tertiary/aromatic N) is 1. The monoisotopic (exact) mass is 238 g/mol. The second-order valence-corrected chi connectivity index (χ2v) is 4.58. The zero-order valence-corrected chi connectivity index (χ0v) is 10.4. The van der Waals surface area contributed by atoms with Gasteiger partial charge in [-0.2, -0.15) is 0 Å². The number of aryl methyl sites for hydroxylation is 2. The number of nitrogen functional groups attached to an aromatic ring is 1. The summed E-state index contributed by atoms with van der Waals surface area (Å²) in [5.41, 5.74) is 11.5. The minimum Gasteiger partial charge on any atom is -0.436 e. The number of aromatic nitrogens is 1. The van der Waals surface area contributed by atoms with Crippen LogP contribution in [0.3, 0.4) is 0 Å². The fourth-order valence-corrected chi connectivity index (χ4v) is 2.00. The van der Waals surface area contributed by atoms with Gasteiger partial charge in [-0.3, -0.25) is 0 Å². The van der Waals surface area contributed by atoms with Crippen molar-refractivity contribution in [2.45, 2.75) is 13.8 Å². The van der Waals surface area contributed by atoms with Gasteiger partial charge in [0.05, 0.1) is 5.56 Å². The van der Waals surface area contributed by atoms with Crippen molar-refractivity contribution in [2.24, 2.45) is 0 Å². The molecule has 0 aliphatic heterocycles. The predicted molar refractivity (Wildman–Crippen MR) is 73.3 cm³/mol. The first-order valence-corrected chi connectivity index (χ1v) is 5.87. The minimum atomic E-state index is 0.580. The molecule has 0 atom stereocenters. The van der Waals surface area contributed by atoms with Gasteiger partial charge in [-0.25, -0.2) is 4.98 Å². The maximum absolute atomic E-state index is 5.97. The van der Waals surface area contributed by atoms with Crippen molar-refractivity contribution in [3.8, 4) is 11.5 Å². The van der Waals surface area contributed by atoms with Crippen molar-refractivity contribution < 1.29 is 4.42 Å². The lowest BCUT2D eigenvalue weighted by atomic mass is 10.1. The zero-order valence-electron chi connectivity index (χ0n) is 10.4. The third-order valence-corrected chi connectivity index (χ3v) is 2.98. The van der Waals surface area contributed by atoms with Gasteiger partial charge in [-0.15, -0.1) is 0 Å². The average molecular weight is 238 g/mol. The van der Waals surface area contributed by atoms with Gasteiger partial charge in [0.2, 0.25) is 5.89 Å². The first kappa shape index (κ1) is 10.8. The van der Waals surface area contributed by atoms with E-state index in [1.165, 1.54) is 0 Å². The molecule has 0 fully saturated rings. The lowest BCUT2D eigenvalue weighted by molar-refractivity contribution is 0.620. The summed E-state index contributed by atoms with van der Waals surface area (Å²) in [5.74, 6) is 0.580. The Bertz CT molecular complexity index is 728. The molecule has 0 radical (unpaired) electrons. The van der Waals surface area contributed by atoms with Crippen LogP contribution in [-0.2, 0) is 0 Å². The van der Waals surface area contributed by atoms with Gasteiger partial charge >= 0.3 is 0 Å². The van der Waals surface area contributed by atoms with Crippen molar-refractivity contribution in [2.75, 3.05) is 5.73 Å². The second kappa shape index (κ2) is 3.88. The Morgan fingerprint density at radius 3 is 2.56 bits per heavy atom. The van der Waals surface area contributed by atoms with E-state index in [-0.39, 0.29) is 0 Å². The third-order valence-electron chi connectivity index (χ3n) is 2.98. The predicted octanol–water partition coefficient (Wildman–Crippen LogP) is 3.69. The Labute approximate surface area is 105 Å². The molecule has 0 amide bonds. The van der Waals surface area contributed by atoms with Crippen LogP contribution in [0.4, 0.5) is 5.69 Å². The number of nitrogens with two attached hydrogens (primary N) is 1. The van der Waals surface area contributed by atoms with Gasteiger partial charge < -0.3 is 10.2 Å². The van der Waals surface area contributed by atoms with E-state index in [4.69, 9.17) is 10.2 Å². The molecular formula is C15H14N2O. The summed E-state index contributed by atoms with van der Waals surface area (Å²) in [5, 5.41) is 0. The normalized spacial score (nSPS) is 11.0. The summed E-state index contributed by atoms with van der Waals surface area (Å²) in [6.45, 7) is 4.05. The van der Waals surface area contributed by atoms with Crippen LogP contribution in [0.5, 0.6) is 0 Å². The molecule has 3 rings (SSSR count). The lowest BCUT2D eigenvalue weighted by Crippen LogP contribution is -1.90. The Morgan fingerprint density at radius 1 is 1.00 bits per heavy atom. The zero-order chi connectivity index (χ0) is 12.7. The molecule has 0 saturated carbocycles. The van der Waals surface area contributed by atoms with Crippen molar-refractivity contribution in [1.29, 1.82) is 0 Å². The molecule has 1 aromatic heterocycles. The van der Waals surface area contributed by atoms with Gasteiger partial charge in [0.1, 0.15) is 5.52 Å². The summed E-state index contributed by atoms with van der Waals surface area (Å²) in [7, 11) is 0. The molecule has 3 nitrogen and oxygen atoms in total. The van der Waals surface area contributed by atoms with E-state index >= 15 is 0 Å². The molecule has 0 bridgehead atoms. The average Bonchev–Trinajstić information content (AvgIpc) is 2.74. The first-order valence-electron chi connectivity index (χ1n) is 5.87. The third kappa shape index (κ3) is 1.74. The van der Waals surface area contributed by atoms with Gasteiger partial charge in [0, 0.05) is 5.69 Å². The van der Waals surface area contributed by atoms with E-state index in [1.807, 2.05) is 50.2 Å². The summed E-state index contributed by atoms with van der Waals surface area (Å²) in [6.07, 6.45) is 0. The summed E-state index contributed by atoms with van der Waals surface area (Å²) in [4.78, 5) is 4.48. The lowest BCUT2D eigenvalue weighted by Gasteiger charge is -2.01. The molecule has 18 heavy (non-hydrogen) atoms. The van der Waals surface area contributed by atoms with Crippen LogP contribution >= 0.6 is 0 Å². The van der Waals surface area contributed by atoms with Crippen LogP contribution in [-0.4, -0.2) is 4.98 Å². The van der Waals surface area contributed by atoms with Gasteiger partial charge in [0.15, 0.2) is 5.58 Å². The van der Waals surface area contributed by atoms with Crippen LogP contribution in [0.1, 0.15) is 11.1 Å². The van der Waals surface area contributed by atoms with Crippen LogP contribution in [0.2, 0.25) is 0 Å². The summed E-state index contributed by atoms with van der Waals surface area (Å²) < 4.78 is 5.78. The van der Waals surface area contributed by atoms with E-state index in [0.29, 0.717) is 11.6 Å². The number of anilines is 1. The van der Waals surface area contributed by atoms with E-state index in [1.54, 1.807) is 0 Å². The molecule has 0 spiro atoms. The molecular weight excluding hydrogens is 224 g/mol. The van der Waals surface area contributed by atoms with Crippen molar-refractivity contribution in [1.82, 2.24) is 4.98 Å². The molecule has 2 aromatic carbocycles. The number of hydrogen-bond donors (Lipinski definition) is 1. The van der Waals surface area contributed by atoms with E-state index in [2.05, 4.69) is 4.98 Å². The maximum atomic E-state index is 5.97. The van der Waals surface area contributed by atoms with Crippen molar-refractivity contribution >= 4 is 16.8 Å². The van der Waals surface area contributed by atoms with Crippen LogP contribution in [0.25, 0.3) is 22.6 Å². The number of fused-ring (bicyclic) bond motifs is 1. The molecule has 0 aliphatic rings. The SMILES string of the molecule is Cc1ccc(N)c(-c2nc3ccc(C)cc3o2)c1. The van der Waals surface area contributed by atoms with Crippen LogP contribution in [0, 0.1) is 13.8 Å². The van der Waals surface area contributed by atoms with Crippen molar-refractivity contribution in [3.05, 3.63) is 47.5 Å². The van der Waals surface area contributed by atoms with Gasteiger partial charge in [-0.1, -0.05) is 17.7 Å². The Morgan fingerprint density at radius 2 is 1.72 bits per heavy atom. The summed E-state index contributed by atoms with van der Waals surface area (Å²) >= 11 is 0. The number of rotatable bonds is 1. The molecule has 0 unspecified atom stereocenters. The second-order valence-electron chi connectivity index (χ2n) is 4.58. The smallest absolute Gasteiger partial charge is 0.229 e. The van der Waals surface area contributed by atoms with E-state index in [0.717, 1.165) is 27.8 Å². The Kier molecular flexibility index (Phi) is 2.33. The van der Waals surface area contributed by atoms with E-state index < -0.39 is 0 Å². The summed E-state index contributed by atoms with van der Waals surface area (Å²) in [6, 6.07) is 11.8. The molecule has 1 heterocycles. The first-order chi connectivity index (χ1) is 8.63. The maximum Gasteiger partial charge on any atom is 0.229 e. The highest BCUT2D eigenvalue weighted by atomic mass is 16.3. The Hall–Kier alpha value is -2.29. The fraction of sp³-hybridized carbons (Fsp3) is 0.133. The number of hydrogen-bond acceptors (Lipinski definition) is 3. The topological polar surface area (TPSA) is 52.0 Å². The molecule has 0 aliphatic carbocycles. The minimum absolute atomic E-state index is 0.580. The largest absolute Gasteiger partial charge is 0.436 e. The quantitative estimate of drug-likeness (QED) is 0.658. The standard InChI is InChI=1S/C15H14N2O/c1-9-3-5-12(16)11(7-9)15-17-13-6-4-10(2)8-14(13)18-15/h3-8H,16H2,1-2H3. The van der Waals surface area contributed by atoms with Crippen LogP contribution < -0.4 is 5.73 Å². The molecule has 3 aromatic rings. The van der Waals surface area contributed by atoms with Gasteiger partial charge in [-0.05, 0) is 43.7 Å². The Balaban J connectivity index is 2.22. The number of benzene rings is 2. The highest BCUT2D eigenvalue weighted by molar-refractivity contribution is 5.80. The highest BCUT2D eigenvalue weighted by Crippen LogP contribution is 2.29. The van der Waals surface area contributed by atoms with Crippen LogP contribution in [0.15, 0.2) is 40.8 Å². The van der Waals surface area contributed by atoms with Gasteiger partial charge in [0.25, 0.3) is 0 Å². The van der Waals surface area contributed by atoms with E-state index in [9.17, 15) is 0 Å². The number of oxazole rings is 1. The fourth-order valence-electron chi connectivity index (χ4n) is 2.00. The molecule has 0 saturated heterocycles. The van der Waals surface area contributed by atoms with Crippen molar-refractivity contribution in [3.63, 3.8) is 0 Å². The highest BCUT2D eigenvalue weighted by Gasteiger charge is 2.11. The molecule has 90 valence electrons.